The summed E-state index contributed by atoms with van der Waals surface area (Å²) in [6.07, 6.45) is 3.06. The van der Waals surface area contributed by atoms with E-state index in [1.54, 1.807) is 12.3 Å². The molecule has 0 spiro atoms. The number of aryl methyl sites for hydroxylation is 1. The molecule has 0 atom stereocenters. The van der Waals surface area contributed by atoms with Gasteiger partial charge in [-0.1, -0.05) is 0 Å². The summed E-state index contributed by atoms with van der Waals surface area (Å²) in [4.78, 5) is 18.0. The zero-order valence-corrected chi connectivity index (χ0v) is 8.73. The number of hydrogen-bond acceptors (Lipinski definition) is 3. The number of aromatic nitrogens is 2. The second-order valence-electron chi connectivity index (χ2n) is 3.58. The molecule has 2 aromatic rings. The monoisotopic (exact) mass is 219 g/mol. The van der Waals surface area contributed by atoms with Crippen molar-refractivity contribution in [2.45, 2.75) is 12.8 Å². The van der Waals surface area contributed by atoms with Gasteiger partial charge in [0.1, 0.15) is 11.3 Å². The summed E-state index contributed by atoms with van der Waals surface area (Å²) in [5.74, 6) is -0.954. The fraction of sp³-hybridized carbons (Fsp3) is 0.273. The third-order valence-corrected chi connectivity index (χ3v) is 2.52. The van der Waals surface area contributed by atoms with Crippen molar-refractivity contribution in [3.05, 3.63) is 29.6 Å². The van der Waals surface area contributed by atoms with Crippen LogP contribution in [0.4, 0.5) is 0 Å². The van der Waals surface area contributed by atoms with Crippen molar-refractivity contribution in [2.24, 2.45) is 5.73 Å². The van der Waals surface area contributed by atoms with E-state index in [4.69, 9.17) is 10.8 Å². The molecule has 0 amide bonds. The Bertz CT molecular complexity index is 519. The normalized spacial score (nSPS) is 10.8. The molecule has 0 aliphatic rings. The molecule has 84 valence electrons. The van der Waals surface area contributed by atoms with E-state index in [0.29, 0.717) is 18.6 Å². The lowest BCUT2D eigenvalue weighted by molar-refractivity contribution is 0.0690. The number of carboxylic acid groups (broad SMARTS) is 1. The van der Waals surface area contributed by atoms with Gasteiger partial charge in [-0.3, -0.25) is 0 Å². The van der Waals surface area contributed by atoms with Crippen molar-refractivity contribution >= 4 is 17.0 Å². The van der Waals surface area contributed by atoms with Crippen LogP contribution in [0.15, 0.2) is 18.3 Å². The first-order valence-corrected chi connectivity index (χ1v) is 5.13. The Morgan fingerprint density at radius 2 is 2.38 bits per heavy atom. The van der Waals surface area contributed by atoms with Crippen LogP contribution in [0.5, 0.6) is 0 Å². The van der Waals surface area contributed by atoms with Gasteiger partial charge in [0.2, 0.25) is 0 Å². The zero-order valence-electron chi connectivity index (χ0n) is 8.73. The molecule has 0 fully saturated rings. The highest BCUT2D eigenvalue weighted by Gasteiger charge is 2.16. The van der Waals surface area contributed by atoms with Gasteiger partial charge in [0.25, 0.3) is 0 Å². The SMILES string of the molecule is NCCCc1c(C(=O)O)[nH]c2ncccc12. The lowest BCUT2D eigenvalue weighted by Gasteiger charge is -1.99. The Balaban J connectivity index is 2.55. The van der Waals surface area contributed by atoms with Gasteiger partial charge in [0.05, 0.1) is 0 Å². The number of fused-ring (bicyclic) bond motifs is 1. The van der Waals surface area contributed by atoms with Crippen molar-refractivity contribution in [2.75, 3.05) is 6.54 Å². The Labute approximate surface area is 92.3 Å². The van der Waals surface area contributed by atoms with Gasteiger partial charge in [0.15, 0.2) is 0 Å². The number of nitrogens with two attached hydrogens (primary N) is 1. The number of aromatic amines is 1. The topological polar surface area (TPSA) is 92.0 Å². The molecule has 0 aromatic carbocycles. The molecular formula is C11H13N3O2. The predicted octanol–water partition coefficient (Wildman–Crippen LogP) is 1.15. The fourth-order valence-corrected chi connectivity index (χ4v) is 1.80. The van der Waals surface area contributed by atoms with Gasteiger partial charge in [-0.15, -0.1) is 0 Å². The van der Waals surface area contributed by atoms with E-state index in [2.05, 4.69) is 9.97 Å². The molecule has 2 rings (SSSR count). The van der Waals surface area contributed by atoms with Crippen LogP contribution in [0.1, 0.15) is 22.5 Å². The molecule has 5 heteroatoms. The van der Waals surface area contributed by atoms with E-state index in [9.17, 15) is 4.79 Å². The maximum Gasteiger partial charge on any atom is 0.352 e. The van der Waals surface area contributed by atoms with Gasteiger partial charge in [-0.25, -0.2) is 9.78 Å². The predicted molar refractivity (Wildman–Crippen MR) is 60.4 cm³/mol. The average molecular weight is 219 g/mol. The smallest absolute Gasteiger partial charge is 0.352 e. The van der Waals surface area contributed by atoms with Crippen LogP contribution in [0.2, 0.25) is 0 Å². The minimum Gasteiger partial charge on any atom is -0.477 e. The van der Waals surface area contributed by atoms with Gasteiger partial charge in [-0.05, 0) is 37.1 Å². The second-order valence-corrected chi connectivity index (χ2v) is 3.58. The van der Waals surface area contributed by atoms with Gasteiger partial charge in [0, 0.05) is 11.6 Å². The average Bonchev–Trinajstić information content (AvgIpc) is 2.65. The fourth-order valence-electron chi connectivity index (χ4n) is 1.80. The van der Waals surface area contributed by atoms with E-state index in [1.165, 1.54) is 0 Å². The molecule has 16 heavy (non-hydrogen) atoms. The molecule has 0 bridgehead atoms. The van der Waals surface area contributed by atoms with Crippen LogP contribution < -0.4 is 5.73 Å². The van der Waals surface area contributed by atoms with E-state index < -0.39 is 5.97 Å². The highest BCUT2D eigenvalue weighted by atomic mass is 16.4. The summed E-state index contributed by atoms with van der Waals surface area (Å²) < 4.78 is 0. The number of aromatic carboxylic acids is 1. The maximum atomic E-state index is 11.1. The van der Waals surface area contributed by atoms with E-state index >= 15 is 0 Å². The first-order valence-electron chi connectivity index (χ1n) is 5.13. The molecule has 0 saturated heterocycles. The Kier molecular flexibility index (Phi) is 2.87. The molecule has 2 aromatic heterocycles. The number of carboxylic acids is 1. The number of carbonyl (C=O) groups is 1. The maximum absolute atomic E-state index is 11.1. The number of hydrogen-bond donors (Lipinski definition) is 3. The summed E-state index contributed by atoms with van der Waals surface area (Å²) in [6, 6.07) is 3.67. The molecule has 0 saturated carbocycles. The highest BCUT2D eigenvalue weighted by molar-refractivity contribution is 5.96. The molecule has 0 aliphatic carbocycles. The lowest BCUT2D eigenvalue weighted by Crippen LogP contribution is -2.05. The standard InChI is InChI=1S/C11H13N3O2/c12-5-1-3-7-8-4-2-6-13-10(8)14-9(7)11(15)16/h2,4,6H,1,3,5,12H2,(H,13,14)(H,15,16). The van der Waals surface area contributed by atoms with E-state index in [0.717, 1.165) is 17.4 Å². The third-order valence-electron chi connectivity index (χ3n) is 2.52. The van der Waals surface area contributed by atoms with Crippen molar-refractivity contribution in [3.63, 3.8) is 0 Å². The quantitative estimate of drug-likeness (QED) is 0.719. The Hall–Kier alpha value is -1.88. The first-order chi connectivity index (χ1) is 7.74. The van der Waals surface area contributed by atoms with Crippen LogP contribution in [0.25, 0.3) is 11.0 Å². The van der Waals surface area contributed by atoms with Gasteiger partial charge in [-0.2, -0.15) is 0 Å². The third kappa shape index (κ3) is 1.77. The summed E-state index contributed by atoms with van der Waals surface area (Å²) in [5, 5.41) is 9.94. The summed E-state index contributed by atoms with van der Waals surface area (Å²) in [7, 11) is 0. The lowest BCUT2D eigenvalue weighted by atomic mass is 10.1. The number of nitrogens with zero attached hydrogens (tertiary/aromatic N) is 1. The van der Waals surface area contributed by atoms with Crippen LogP contribution in [-0.2, 0) is 6.42 Å². The Morgan fingerprint density at radius 1 is 1.56 bits per heavy atom. The zero-order chi connectivity index (χ0) is 11.5. The van der Waals surface area contributed by atoms with Gasteiger partial charge < -0.3 is 15.8 Å². The van der Waals surface area contributed by atoms with Gasteiger partial charge >= 0.3 is 5.97 Å². The summed E-state index contributed by atoms with van der Waals surface area (Å²) >= 11 is 0. The molecule has 5 nitrogen and oxygen atoms in total. The first kappa shape index (κ1) is 10.6. The highest BCUT2D eigenvalue weighted by Crippen LogP contribution is 2.22. The molecule has 0 radical (unpaired) electrons. The van der Waals surface area contributed by atoms with Crippen molar-refractivity contribution in [1.29, 1.82) is 0 Å². The number of H-pyrrole nitrogens is 1. The molecule has 2 heterocycles. The summed E-state index contributed by atoms with van der Waals surface area (Å²) in [5.41, 5.74) is 7.08. The van der Waals surface area contributed by atoms with Crippen LogP contribution in [-0.4, -0.2) is 27.6 Å². The van der Waals surface area contributed by atoms with Crippen molar-refractivity contribution in [3.8, 4) is 0 Å². The second kappa shape index (κ2) is 4.32. The number of nitrogens with one attached hydrogen (secondary N) is 1. The largest absolute Gasteiger partial charge is 0.477 e. The minimum absolute atomic E-state index is 0.224. The molecule has 4 N–H and O–H groups in total. The van der Waals surface area contributed by atoms with Crippen LogP contribution >= 0.6 is 0 Å². The van der Waals surface area contributed by atoms with Crippen LogP contribution in [0, 0.1) is 0 Å². The minimum atomic E-state index is -0.954. The van der Waals surface area contributed by atoms with Crippen molar-refractivity contribution in [1.82, 2.24) is 9.97 Å². The number of rotatable bonds is 4. The van der Waals surface area contributed by atoms with E-state index in [-0.39, 0.29) is 5.69 Å². The number of pyridine rings is 1. The molecule has 0 aliphatic heterocycles. The van der Waals surface area contributed by atoms with Crippen LogP contribution in [0.3, 0.4) is 0 Å². The Morgan fingerprint density at radius 3 is 3.06 bits per heavy atom. The summed E-state index contributed by atoms with van der Waals surface area (Å²) in [6.45, 7) is 0.548. The van der Waals surface area contributed by atoms with E-state index in [1.807, 2.05) is 6.07 Å². The van der Waals surface area contributed by atoms with Crippen molar-refractivity contribution < 1.29 is 9.90 Å². The molecular weight excluding hydrogens is 206 g/mol. The molecule has 0 unspecified atom stereocenters.